The number of amides is 1. The number of rotatable bonds is 10. The van der Waals surface area contributed by atoms with Crippen molar-refractivity contribution < 1.29 is 46.9 Å². The number of ether oxygens (including phenoxy) is 3. The molecule has 3 unspecified atom stereocenters. The molecule has 2 heterocycles. The molecule has 50 heavy (non-hydrogen) atoms. The van der Waals surface area contributed by atoms with Gasteiger partial charge in [-0.3, -0.25) is 19.6 Å². The number of methoxy groups -OCH3 is 1. The molecule has 1 saturated heterocycles. The number of pyridine rings is 1. The highest BCUT2D eigenvalue weighted by Crippen LogP contribution is 2.42. The van der Waals surface area contributed by atoms with E-state index in [9.17, 15) is 22.8 Å². The van der Waals surface area contributed by atoms with Gasteiger partial charge in [0.1, 0.15) is 6.04 Å². The summed E-state index contributed by atoms with van der Waals surface area (Å²) in [5.74, 6) is 4.15. The minimum Gasteiger partial charge on any atom is -0.490 e. The molecule has 0 spiro atoms. The molecule has 1 fully saturated rings. The van der Waals surface area contributed by atoms with Crippen LogP contribution in [0.25, 0.3) is 10.8 Å². The minimum absolute atomic E-state index is 0.0629. The van der Waals surface area contributed by atoms with Crippen molar-refractivity contribution in [3.05, 3.63) is 96.3 Å². The highest BCUT2D eigenvalue weighted by molar-refractivity contribution is 5.90. The van der Waals surface area contributed by atoms with E-state index in [2.05, 4.69) is 4.98 Å². The lowest BCUT2D eigenvalue weighted by Crippen LogP contribution is -2.46. The van der Waals surface area contributed by atoms with Crippen LogP contribution in [0.5, 0.6) is 11.5 Å². The molecule has 1 aliphatic rings. The second kappa shape index (κ2) is 16.4. The number of hydrogen-bond acceptors (Lipinski definition) is 9. The monoisotopic (exact) mass is 696 g/mol. The van der Waals surface area contributed by atoms with Gasteiger partial charge in [-0.2, -0.15) is 13.2 Å². The zero-order valence-electron chi connectivity index (χ0n) is 28.0. The Morgan fingerprint density at radius 2 is 1.72 bits per heavy atom. The molecule has 0 aliphatic carbocycles. The maximum absolute atomic E-state index is 14.8. The molecule has 1 amide bonds. The van der Waals surface area contributed by atoms with Crippen LogP contribution >= 0.6 is 0 Å². The smallest absolute Gasteiger partial charge is 0.490 e. The molecule has 4 aromatic rings. The maximum atomic E-state index is 14.8. The number of carbonyl (C=O) groups excluding carboxylic acids is 2. The molecule has 3 N–H and O–H groups in total. The minimum atomic E-state index is -5.08. The highest BCUT2D eigenvalue weighted by atomic mass is 19.4. The normalized spacial score (nSPS) is 16.3. The van der Waals surface area contributed by atoms with E-state index in [1.165, 1.54) is 12.1 Å². The SMILES string of the molecule is CCOc1cc(C(C(=O)N2CCC(C(=O)OC)C2c2ccccc2)N(N)c2ccc3cnccc3c2)ccc1OC(C)C.O=C(O)C(F)(F)F. The number of fused-ring (bicyclic) bond motifs is 1. The standard InChI is InChI=1S/C34H38N4O5.C2HF3O2/c1-5-42-30-20-25(12-14-29(30)43-22(2)3)32(38(35)27-13-11-26-21-36-17-15-24(26)19-27)33(39)37-18-16-28(34(40)41-4)31(37)23-9-7-6-8-10-23;3-2(4,5)1(6)7/h6-15,17,19-22,28,31-32H,5,16,18,35H2,1-4H3;(H,6,7). The Bertz CT molecular complexity index is 1790. The number of carboxylic acid groups (broad SMARTS) is 1. The van der Waals surface area contributed by atoms with Crippen molar-refractivity contribution in [3.8, 4) is 11.5 Å². The zero-order valence-corrected chi connectivity index (χ0v) is 28.0. The fourth-order valence-corrected chi connectivity index (χ4v) is 5.77. The molecule has 0 radical (unpaired) electrons. The van der Waals surface area contributed by atoms with Gasteiger partial charge in [-0.25, -0.2) is 10.6 Å². The molecule has 1 aliphatic heterocycles. The Kier molecular flexibility index (Phi) is 12.2. The van der Waals surface area contributed by atoms with Crippen molar-refractivity contribution in [2.75, 3.05) is 25.3 Å². The Hall–Kier alpha value is -5.37. The van der Waals surface area contributed by atoms with Crippen molar-refractivity contribution in [2.24, 2.45) is 11.8 Å². The van der Waals surface area contributed by atoms with E-state index in [0.717, 1.165) is 16.3 Å². The van der Waals surface area contributed by atoms with Gasteiger partial charge in [-0.15, -0.1) is 0 Å². The number of hydrazine groups is 1. The number of likely N-dealkylation sites (tertiary alicyclic amines) is 1. The van der Waals surface area contributed by atoms with Crippen molar-refractivity contribution in [2.45, 2.75) is 51.6 Å². The Morgan fingerprint density at radius 1 is 1.02 bits per heavy atom. The third kappa shape index (κ3) is 8.80. The van der Waals surface area contributed by atoms with Gasteiger partial charge < -0.3 is 24.2 Å². The predicted octanol–water partition coefficient (Wildman–Crippen LogP) is 6.24. The molecule has 1 aromatic heterocycles. The van der Waals surface area contributed by atoms with E-state index in [-0.39, 0.29) is 18.0 Å². The Morgan fingerprint density at radius 3 is 2.34 bits per heavy atom. The summed E-state index contributed by atoms with van der Waals surface area (Å²) in [6.45, 7) is 6.59. The molecule has 11 nitrogen and oxygen atoms in total. The van der Waals surface area contributed by atoms with Gasteiger partial charge in [0.15, 0.2) is 11.5 Å². The predicted molar refractivity (Wildman–Crippen MR) is 179 cm³/mol. The van der Waals surface area contributed by atoms with Gasteiger partial charge in [0.05, 0.1) is 37.5 Å². The number of nitrogens with two attached hydrogens (primary N) is 1. The van der Waals surface area contributed by atoms with Crippen LogP contribution in [0.2, 0.25) is 0 Å². The number of benzene rings is 3. The molecule has 5 rings (SSSR count). The van der Waals surface area contributed by atoms with Gasteiger partial charge in [-0.1, -0.05) is 42.5 Å². The second-order valence-corrected chi connectivity index (χ2v) is 11.6. The maximum Gasteiger partial charge on any atom is 0.490 e. The topological polar surface area (TPSA) is 145 Å². The first-order chi connectivity index (χ1) is 23.8. The summed E-state index contributed by atoms with van der Waals surface area (Å²) >= 11 is 0. The van der Waals surface area contributed by atoms with E-state index >= 15 is 0 Å². The number of carboxylic acids is 1. The Balaban J connectivity index is 0.000000727. The van der Waals surface area contributed by atoms with Crippen molar-refractivity contribution in [3.63, 3.8) is 0 Å². The van der Waals surface area contributed by atoms with Gasteiger partial charge in [-0.05, 0) is 74.0 Å². The molecular weight excluding hydrogens is 657 g/mol. The van der Waals surface area contributed by atoms with Crippen LogP contribution < -0.4 is 20.3 Å². The zero-order chi connectivity index (χ0) is 36.6. The molecular formula is C36H39F3N4O7. The molecule has 266 valence electrons. The number of hydrogen-bond donors (Lipinski definition) is 2. The third-order valence-electron chi connectivity index (χ3n) is 7.95. The lowest BCUT2D eigenvalue weighted by Gasteiger charge is -2.35. The summed E-state index contributed by atoms with van der Waals surface area (Å²) < 4.78 is 48.8. The number of alkyl halides is 3. The molecule has 0 saturated carbocycles. The molecule has 3 aromatic carbocycles. The van der Waals surface area contributed by atoms with Gasteiger partial charge in [0, 0.05) is 24.3 Å². The van der Waals surface area contributed by atoms with Gasteiger partial charge in [0.25, 0.3) is 5.91 Å². The van der Waals surface area contributed by atoms with Crippen LogP contribution in [-0.4, -0.2) is 65.4 Å². The molecule has 3 atom stereocenters. The van der Waals surface area contributed by atoms with Crippen molar-refractivity contribution >= 4 is 34.3 Å². The van der Waals surface area contributed by atoms with Crippen LogP contribution in [0, 0.1) is 5.92 Å². The van der Waals surface area contributed by atoms with E-state index in [1.54, 1.807) is 17.3 Å². The lowest BCUT2D eigenvalue weighted by atomic mass is 9.93. The van der Waals surface area contributed by atoms with Crippen LogP contribution in [0.3, 0.4) is 0 Å². The van der Waals surface area contributed by atoms with Gasteiger partial charge in [0.2, 0.25) is 0 Å². The average molecular weight is 697 g/mol. The number of nitrogens with zero attached hydrogens (tertiary/aromatic N) is 3. The largest absolute Gasteiger partial charge is 0.490 e. The number of halogens is 3. The summed E-state index contributed by atoms with van der Waals surface area (Å²) in [6.07, 6.45) is -1.17. The van der Waals surface area contributed by atoms with Crippen LogP contribution in [0.1, 0.15) is 50.4 Å². The number of carbonyl (C=O) groups is 3. The van der Waals surface area contributed by atoms with E-state index in [4.69, 9.17) is 30.0 Å². The lowest BCUT2D eigenvalue weighted by molar-refractivity contribution is -0.192. The van der Waals surface area contributed by atoms with E-state index < -0.39 is 30.1 Å². The van der Waals surface area contributed by atoms with Gasteiger partial charge >= 0.3 is 18.1 Å². The molecule has 0 bridgehead atoms. The second-order valence-electron chi connectivity index (χ2n) is 11.6. The van der Waals surface area contributed by atoms with Crippen LogP contribution in [0.4, 0.5) is 18.9 Å². The Labute approximate surface area is 287 Å². The van der Waals surface area contributed by atoms with Crippen molar-refractivity contribution in [1.82, 2.24) is 9.88 Å². The van der Waals surface area contributed by atoms with Crippen LogP contribution in [-0.2, 0) is 19.1 Å². The quantitative estimate of drug-likeness (QED) is 0.111. The number of aromatic nitrogens is 1. The fourth-order valence-electron chi connectivity index (χ4n) is 5.77. The summed E-state index contributed by atoms with van der Waals surface area (Å²) in [5, 5.41) is 10.5. The first-order valence-electron chi connectivity index (χ1n) is 15.8. The first-order valence-corrected chi connectivity index (χ1v) is 15.8. The summed E-state index contributed by atoms with van der Waals surface area (Å²) in [5.41, 5.74) is 2.15. The summed E-state index contributed by atoms with van der Waals surface area (Å²) in [4.78, 5) is 42.5. The van der Waals surface area contributed by atoms with E-state index in [0.29, 0.717) is 42.3 Å². The number of aliphatic carboxylic acids is 1. The third-order valence-corrected chi connectivity index (χ3v) is 7.95. The summed E-state index contributed by atoms with van der Waals surface area (Å²) in [7, 11) is 1.38. The first kappa shape index (κ1) is 37.4. The molecule has 14 heteroatoms. The number of esters is 1. The van der Waals surface area contributed by atoms with Crippen LogP contribution in [0.15, 0.2) is 85.2 Å². The highest BCUT2D eigenvalue weighted by Gasteiger charge is 2.45. The fraction of sp³-hybridized carbons (Fsp3) is 0.333. The van der Waals surface area contributed by atoms with E-state index in [1.807, 2.05) is 93.6 Å². The average Bonchev–Trinajstić information content (AvgIpc) is 3.54. The van der Waals surface area contributed by atoms with Crippen molar-refractivity contribution in [1.29, 1.82) is 0 Å². The number of anilines is 1. The summed E-state index contributed by atoms with van der Waals surface area (Å²) in [6, 6.07) is 21.3.